The number of amides is 1. The van der Waals surface area contributed by atoms with Gasteiger partial charge in [-0.05, 0) is 31.0 Å². The van der Waals surface area contributed by atoms with Crippen molar-refractivity contribution in [3.05, 3.63) is 34.9 Å². The Labute approximate surface area is 136 Å². The summed E-state index contributed by atoms with van der Waals surface area (Å²) in [6.07, 6.45) is 1.10. The second-order valence-corrected chi connectivity index (χ2v) is 8.00. The number of hydrogen-bond donors (Lipinski definition) is 0. The molecule has 2 rings (SSSR count). The lowest BCUT2D eigenvalue weighted by Gasteiger charge is -2.33. The number of hydrogen-bond acceptors (Lipinski definition) is 3. The van der Waals surface area contributed by atoms with Crippen LogP contribution in [0, 0.1) is 0 Å². The molecule has 1 aliphatic rings. The summed E-state index contributed by atoms with van der Waals surface area (Å²) in [5.74, 6) is 0.181. The zero-order valence-electron chi connectivity index (χ0n) is 12.7. The van der Waals surface area contributed by atoms with Crippen molar-refractivity contribution in [2.75, 3.05) is 31.9 Å². The Kier molecular flexibility index (Phi) is 5.83. The number of rotatable bonds is 5. The third kappa shape index (κ3) is 4.44. The van der Waals surface area contributed by atoms with Crippen LogP contribution in [0.3, 0.4) is 0 Å². The average Bonchev–Trinajstić information content (AvgIpc) is 2.54. The van der Waals surface area contributed by atoms with Crippen LogP contribution in [0.25, 0.3) is 0 Å². The van der Waals surface area contributed by atoms with Crippen LogP contribution in [0.5, 0.6) is 0 Å². The minimum atomic E-state index is -3.15. The van der Waals surface area contributed by atoms with Crippen LogP contribution >= 0.6 is 11.6 Å². The minimum Gasteiger partial charge on any atom is -0.340 e. The van der Waals surface area contributed by atoms with E-state index in [1.54, 1.807) is 11.8 Å². The summed E-state index contributed by atoms with van der Waals surface area (Å²) in [6, 6.07) is 7.47. The molecule has 1 aromatic carbocycles. The molecule has 0 aromatic heterocycles. The van der Waals surface area contributed by atoms with Gasteiger partial charge in [-0.1, -0.05) is 23.7 Å². The van der Waals surface area contributed by atoms with Gasteiger partial charge < -0.3 is 4.90 Å². The number of aryl methyl sites for hydroxylation is 1. The first-order valence-corrected chi connectivity index (χ1v) is 9.41. The Bertz CT molecular complexity index is 608. The van der Waals surface area contributed by atoms with Gasteiger partial charge in [0.05, 0.1) is 5.75 Å². The zero-order valence-corrected chi connectivity index (χ0v) is 14.2. The molecule has 1 aromatic rings. The van der Waals surface area contributed by atoms with E-state index in [0.717, 1.165) is 5.56 Å². The fourth-order valence-corrected chi connectivity index (χ4v) is 3.67. The van der Waals surface area contributed by atoms with E-state index in [-0.39, 0.29) is 11.7 Å². The van der Waals surface area contributed by atoms with E-state index in [1.165, 1.54) is 4.31 Å². The minimum absolute atomic E-state index is 0.0727. The van der Waals surface area contributed by atoms with Crippen LogP contribution in [0.4, 0.5) is 0 Å². The smallest absolute Gasteiger partial charge is 0.222 e. The summed E-state index contributed by atoms with van der Waals surface area (Å²) >= 11 is 5.83. The quantitative estimate of drug-likeness (QED) is 0.818. The molecule has 1 aliphatic heterocycles. The zero-order chi connectivity index (χ0) is 16.2. The maximum atomic E-state index is 12.2. The van der Waals surface area contributed by atoms with E-state index >= 15 is 0 Å². The third-order valence-electron chi connectivity index (χ3n) is 3.89. The van der Waals surface area contributed by atoms with Crippen molar-refractivity contribution in [2.45, 2.75) is 19.8 Å². The van der Waals surface area contributed by atoms with Gasteiger partial charge in [-0.25, -0.2) is 8.42 Å². The first kappa shape index (κ1) is 17.2. The van der Waals surface area contributed by atoms with Crippen molar-refractivity contribution in [2.24, 2.45) is 0 Å². The fourth-order valence-electron chi connectivity index (χ4n) is 2.46. The van der Waals surface area contributed by atoms with Crippen LogP contribution in [-0.2, 0) is 21.2 Å². The van der Waals surface area contributed by atoms with Crippen LogP contribution in [0.2, 0.25) is 5.02 Å². The molecule has 1 fully saturated rings. The van der Waals surface area contributed by atoms with Crippen molar-refractivity contribution in [1.29, 1.82) is 0 Å². The van der Waals surface area contributed by atoms with Crippen LogP contribution < -0.4 is 0 Å². The molecule has 0 saturated carbocycles. The molecular formula is C15H21ClN2O3S. The summed E-state index contributed by atoms with van der Waals surface area (Å²) in [6.45, 7) is 3.36. The summed E-state index contributed by atoms with van der Waals surface area (Å²) in [4.78, 5) is 13.9. The van der Waals surface area contributed by atoms with Gasteiger partial charge in [0.25, 0.3) is 0 Å². The molecule has 0 N–H and O–H groups in total. The molecule has 0 unspecified atom stereocenters. The molecule has 0 atom stereocenters. The SMILES string of the molecule is CCS(=O)(=O)N1CCN(C(=O)CCc2ccc(Cl)cc2)CC1. The van der Waals surface area contributed by atoms with E-state index in [0.29, 0.717) is 44.0 Å². The largest absolute Gasteiger partial charge is 0.340 e. The van der Waals surface area contributed by atoms with Gasteiger partial charge in [0.1, 0.15) is 0 Å². The number of piperazine rings is 1. The molecule has 1 saturated heterocycles. The Morgan fingerprint density at radius 1 is 1.14 bits per heavy atom. The Morgan fingerprint density at radius 2 is 1.73 bits per heavy atom. The highest BCUT2D eigenvalue weighted by molar-refractivity contribution is 7.89. The van der Waals surface area contributed by atoms with E-state index in [1.807, 2.05) is 24.3 Å². The van der Waals surface area contributed by atoms with Crippen molar-refractivity contribution in [3.8, 4) is 0 Å². The molecule has 5 nitrogen and oxygen atoms in total. The van der Waals surface area contributed by atoms with Crippen molar-refractivity contribution in [3.63, 3.8) is 0 Å². The van der Waals surface area contributed by atoms with Crippen molar-refractivity contribution in [1.82, 2.24) is 9.21 Å². The molecule has 0 radical (unpaired) electrons. The topological polar surface area (TPSA) is 57.7 Å². The Balaban J connectivity index is 1.81. The van der Waals surface area contributed by atoms with Gasteiger partial charge in [0.15, 0.2) is 0 Å². The summed E-state index contributed by atoms with van der Waals surface area (Å²) in [5.41, 5.74) is 1.07. The molecule has 122 valence electrons. The van der Waals surface area contributed by atoms with Crippen LogP contribution in [0.1, 0.15) is 18.9 Å². The lowest BCUT2D eigenvalue weighted by atomic mass is 10.1. The summed E-state index contributed by atoms with van der Waals surface area (Å²) in [5, 5.41) is 0.684. The highest BCUT2D eigenvalue weighted by Gasteiger charge is 2.27. The number of nitrogens with zero attached hydrogens (tertiary/aromatic N) is 2. The maximum absolute atomic E-state index is 12.2. The van der Waals surface area contributed by atoms with Gasteiger partial charge in [0, 0.05) is 37.6 Å². The number of carbonyl (C=O) groups is 1. The Morgan fingerprint density at radius 3 is 2.27 bits per heavy atom. The molecule has 0 spiro atoms. The summed E-state index contributed by atoms with van der Waals surface area (Å²) < 4.78 is 25.0. The second-order valence-electron chi connectivity index (χ2n) is 5.31. The lowest BCUT2D eigenvalue weighted by Crippen LogP contribution is -2.50. The first-order chi connectivity index (χ1) is 10.4. The molecule has 1 amide bonds. The van der Waals surface area contributed by atoms with Crippen LogP contribution in [0.15, 0.2) is 24.3 Å². The number of benzene rings is 1. The highest BCUT2D eigenvalue weighted by Crippen LogP contribution is 2.13. The van der Waals surface area contributed by atoms with Crippen molar-refractivity contribution < 1.29 is 13.2 Å². The standard InChI is InChI=1S/C15H21ClN2O3S/c1-2-22(20,21)18-11-9-17(10-12-18)15(19)8-5-13-3-6-14(16)7-4-13/h3-4,6-7H,2,5,8-12H2,1H3. The number of carbonyl (C=O) groups excluding carboxylic acids is 1. The molecule has 7 heteroatoms. The van der Waals surface area contributed by atoms with Gasteiger partial charge in [-0.3, -0.25) is 4.79 Å². The highest BCUT2D eigenvalue weighted by atomic mass is 35.5. The van der Waals surface area contributed by atoms with Gasteiger partial charge in [0.2, 0.25) is 15.9 Å². The fraction of sp³-hybridized carbons (Fsp3) is 0.533. The van der Waals surface area contributed by atoms with Crippen LogP contribution in [-0.4, -0.2) is 55.5 Å². The van der Waals surface area contributed by atoms with Gasteiger partial charge >= 0.3 is 0 Å². The normalized spacial score (nSPS) is 16.7. The number of sulfonamides is 1. The predicted molar refractivity (Wildman–Crippen MR) is 87.4 cm³/mol. The van der Waals surface area contributed by atoms with Gasteiger partial charge in [-0.2, -0.15) is 4.31 Å². The molecular weight excluding hydrogens is 324 g/mol. The molecule has 0 aliphatic carbocycles. The first-order valence-electron chi connectivity index (χ1n) is 7.42. The average molecular weight is 345 g/mol. The van der Waals surface area contributed by atoms with E-state index < -0.39 is 10.0 Å². The molecule has 0 bridgehead atoms. The van der Waals surface area contributed by atoms with E-state index in [9.17, 15) is 13.2 Å². The molecule has 22 heavy (non-hydrogen) atoms. The molecule has 1 heterocycles. The number of halogens is 1. The Hall–Kier alpha value is -1.11. The summed E-state index contributed by atoms with van der Waals surface area (Å²) in [7, 11) is -3.15. The second kappa shape index (κ2) is 7.44. The van der Waals surface area contributed by atoms with Gasteiger partial charge in [-0.15, -0.1) is 0 Å². The van der Waals surface area contributed by atoms with E-state index in [4.69, 9.17) is 11.6 Å². The van der Waals surface area contributed by atoms with E-state index in [2.05, 4.69) is 0 Å². The predicted octanol–water partition coefficient (Wildman–Crippen LogP) is 1.77. The van der Waals surface area contributed by atoms with Crippen molar-refractivity contribution >= 4 is 27.5 Å². The maximum Gasteiger partial charge on any atom is 0.222 e. The third-order valence-corrected chi connectivity index (χ3v) is 6.02. The lowest BCUT2D eigenvalue weighted by molar-refractivity contribution is -0.132. The monoisotopic (exact) mass is 344 g/mol.